The van der Waals surface area contributed by atoms with Gasteiger partial charge in [0.05, 0.1) is 43.5 Å². The Morgan fingerprint density at radius 1 is 0.272 bits per heavy atom. The summed E-state index contributed by atoms with van der Waals surface area (Å²) in [5.74, 6) is 0. The molecule has 0 N–H and O–H groups in total. The molecule has 0 amide bonds. The van der Waals surface area contributed by atoms with Crippen molar-refractivity contribution in [2.24, 2.45) is 0 Å². The molecule has 0 aliphatic carbocycles. The molecule has 6 heterocycles. The van der Waals surface area contributed by atoms with Gasteiger partial charge < -0.3 is 27.8 Å². The van der Waals surface area contributed by atoms with Crippen molar-refractivity contribution in [3.8, 4) is 22.5 Å². The monoisotopic (exact) mass is 1210 g/mol. The first kappa shape index (κ1) is 51.2. The second kappa shape index (κ2) is 19.9. The maximum atomic E-state index is 7.20. The van der Waals surface area contributed by atoms with E-state index in [9.17, 15) is 0 Å². The topological polar surface area (TPSA) is 42.6 Å². The van der Waals surface area contributed by atoms with E-state index in [0.29, 0.717) is 0 Å². The number of anilines is 6. The van der Waals surface area contributed by atoms with Crippen LogP contribution >= 0.6 is 22.7 Å². The molecule has 430 valence electrons. The Morgan fingerprint density at radius 2 is 0.761 bits per heavy atom. The predicted molar refractivity (Wildman–Crippen MR) is 390 cm³/mol. The molecule has 0 aliphatic heterocycles. The fraction of sp³-hybridized carbons (Fsp3) is 0. The van der Waals surface area contributed by atoms with Crippen molar-refractivity contribution in [2.75, 3.05) is 9.80 Å². The van der Waals surface area contributed by atoms with Crippen molar-refractivity contribution in [3.63, 3.8) is 0 Å². The van der Waals surface area contributed by atoms with Crippen LogP contribution in [-0.4, -0.2) is 9.13 Å². The lowest BCUT2D eigenvalue weighted by Crippen LogP contribution is -2.10. The highest BCUT2D eigenvalue weighted by Gasteiger charge is 2.26. The molecule has 0 spiro atoms. The smallest absolute Gasteiger partial charge is 0.143 e. The average molecular weight is 1210 g/mol. The molecule has 0 radical (unpaired) electrons. The molecule has 6 nitrogen and oxygen atoms in total. The first-order valence-corrected chi connectivity index (χ1v) is 32.8. The standard InChI is InChI=1S/C84H50N4O2S2/c1-3-18-52(19-4-1)86-70-29-11-7-22-59(70)61-42-37-54(47-74(61)86)85(56-39-44-64-63-24-9-13-33-76(63)89-78(64)49-56)57-40-45-67-66-41-36-51(46-80(66)91-81(67)50-57)58-26-15-28-69-82-72(31-17-34-77(82)90-83(58)69)88(73-32-16-27-68-65-25-10-14-35-79(65)92-84(68)73)55-38-43-62-60-23-8-12-30-71(60)87(75(62)48-55)53-20-5-2-6-21-53/h1-50H. The molecule has 8 heteroatoms. The Kier molecular flexibility index (Phi) is 11.1. The van der Waals surface area contributed by atoms with Gasteiger partial charge >= 0.3 is 0 Å². The molecule has 0 fully saturated rings. The molecule has 0 atom stereocenters. The van der Waals surface area contributed by atoms with Gasteiger partial charge in [0.1, 0.15) is 22.3 Å². The molecule has 6 aromatic heterocycles. The Labute approximate surface area is 534 Å². The highest BCUT2D eigenvalue weighted by Crippen LogP contribution is 2.51. The molecule has 20 rings (SSSR count). The zero-order chi connectivity index (χ0) is 60.1. The van der Waals surface area contributed by atoms with E-state index in [1.807, 2.05) is 28.7 Å². The summed E-state index contributed by atoms with van der Waals surface area (Å²) in [5, 5.41) is 14.1. The van der Waals surface area contributed by atoms with E-state index >= 15 is 0 Å². The Morgan fingerprint density at radius 3 is 1.49 bits per heavy atom. The summed E-state index contributed by atoms with van der Waals surface area (Å²) in [6.07, 6.45) is 0. The van der Waals surface area contributed by atoms with Crippen LogP contribution in [0.1, 0.15) is 0 Å². The second-order valence-electron chi connectivity index (χ2n) is 23.9. The number of hydrogen-bond donors (Lipinski definition) is 0. The van der Waals surface area contributed by atoms with Crippen LogP contribution in [0.2, 0.25) is 0 Å². The number of benzene rings is 14. The number of para-hydroxylation sites is 6. The van der Waals surface area contributed by atoms with E-state index in [1.165, 1.54) is 72.9 Å². The number of rotatable bonds is 9. The maximum Gasteiger partial charge on any atom is 0.143 e. The normalized spacial score (nSPS) is 12.1. The van der Waals surface area contributed by atoms with E-state index in [2.05, 4.69) is 316 Å². The van der Waals surface area contributed by atoms with Crippen LogP contribution in [0.3, 0.4) is 0 Å². The molecule has 0 saturated carbocycles. The largest absolute Gasteiger partial charge is 0.456 e. The van der Waals surface area contributed by atoms with Gasteiger partial charge in [-0.1, -0.05) is 176 Å². The van der Waals surface area contributed by atoms with Crippen molar-refractivity contribution >= 4 is 185 Å². The number of thiophene rings is 2. The Bertz CT molecular complexity index is 6420. The zero-order valence-corrected chi connectivity index (χ0v) is 50.9. The van der Waals surface area contributed by atoms with Crippen molar-refractivity contribution in [2.45, 2.75) is 0 Å². The first-order valence-electron chi connectivity index (χ1n) is 31.1. The third kappa shape index (κ3) is 7.65. The summed E-state index contributed by atoms with van der Waals surface area (Å²) in [6, 6.07) is 110. The van der Waals surface area contributed by atoms with Crippen LogP contribution in [-0.2, 0) is 0 Å². The lowest BCUT2D eigenvalue weighted by atomic mass is 10.00. The van der Waals surface area contributed by atoms with Gasteiger partial charge in [0.25, 0.3) is 0 Å². The molecule has 14 aromatic carbocycles. The van der Waals surface area contributed by atoms with Gasteiger partial charge in [-0.15, -0.1) is 22.7 Å². The zero-order valence-electron chi connectivity index (χ0n) is 49.3. The number of aromatic nitrogens is 2. The van der Waals surface area contributed by atoms with Crippen LogP contribution in [0.4, 0.5) is 34.1 Å². The predicted octanol–water partition coefficient (Wildman–Crippen LogP) is 25.0. The molecule has 0 saturated heterocycles. The minimum absolute atomic E-state index is 0.832. The molecule has 20 aromatic rings. The lowest BCUT2D eigenvalue weighted by molar-refractivity contribution is 0.669. The second-order valence-corrected chi connectivity index (χ2v) is 26.0. The molecular weight excluding hydrogens is 1160 g/mol. The van der Waals surface area contributed by atoms with E-state index in [0.717, 1.165) is 112 Å². The van der Waals surface area contributed by atoms with Crippen LogP contribution in [0.25, 0.3) is 150 Å². The third-order valence-electron chi connectivity index (χ3n) is 18.9. The molecular formula is C84H50N4O2S2. The summed E-state index contributed by atoms with van der Waals surface area (Å²) in [6.45, 7) is 0. The summed E-state index contributed by atoms with van der Waals surface area (Å²) in [5.41, 5.74) is 18.8. The van der Waals surface area contributed by atoms with Gasteiger partial charge in [-0.05, 0) is 127 Å². The van der Waals surface area contributed by atoms with Crippen LogP contribution in [0.5, 0.6) is 0 Å². The number of nitrogens with zero attached hydrogens (tertiary/aromatic N) is 4. The van der Waals surface area contributed by atoms with Gasteiger partial charge in [0.2, 0.25) is 0 Å². The summed E-state index contributed by atoms with van der Waals surface area (Å²) >= 11 is 3.68. The fourth-order valence-electron chi connectivity index (χ4n) is 14.8. The minimum Gasteiger partial charge on any atom is -0.456 e. The van der Waals surface area contributed by atoms with Crippen molar-refractivity contribution in [3.05, 3.63) is 303 Å². The quantitative estimate of drug-likeness (QED) is 0.144. The highest BCUT2D eigenvalue weighted by molar-refractivity contribution is 7.26. The number of furan rings is 2. The first-order chi connectivity index (χ1) is 45.6. The van der Waals surface area contributed by atoms with Crippen LogP contribution in [0.15, 0.2) is 312 Å². The Balaban J connectivity index is 0.741. The van der Waals surface area contributed by atoms with Gasteiger partial charge in [0.15, 0.2) is 0 Å². The molecule has 0 bridgehead atoms. The van der Waals surface area contributed by atoms with Crippen LogP contribution < -0.4 is 9.80 Å². The van der Waals surface area contributed by atoms with Crippen LogP contribution in [0, 0.1) is 0 Å². The minimum atomic E-state index is 0.832. The van der Waals surface area contributed by atoms with Gasteiger partial charge in [0, 0.05) is 119 Å². The highest BCUT2D eigenvalue weighted by atomic mass is 32.1. The SMILES string of the molecule is c1ccc(-n2c3ccccc3c3ccc(N(c4ccc5c(c4)oc4ccccc45)c4ccc5c(c4)sc4cc(-c6cccc7c6oc6cccc(N(c8ccc9c%10ccccc%10n(-c%10ccccc%10)c9c8)c8cccc9c8sc8ccccc89)c67)ccc45)cc32)cc1. The third-order valence-corrected chi connectivity index (χ3v) is 21.2. The van der Waals surface area contributed by atoms with E-state index in [-0.39, 0.29) is 0 Å². The van der Waals surface area contributed by atoms with Gasteiger partial charge in [-0.25, -0.2) is 0 Å². The van der Waals surface area contributed by atoms with Crippen molar-refractivity contribution < 1.29 is 8.83 Å². The summed E-state index contributed by atoms with van der Waals surface area (Å²) in [4.78, 5) is 4.87. The van der Waals surface area contributed by atoms with E-state index < -0.39 is 0 Å². The Hall–Kier alpha value is -11.7. The fourth-order valence-corrected chi connectivity index (χ4v) is 17.2. The molecule has 0 aliphatic rings. The van der Waals surface area contributed by atoms with Crippen molar-refractivity contribution in [1.82, 2.24) is 9.13 Å². The summed E-state index contributed by atoms with van der Waals surface area (Å²) < 4.78 is 23.5. The molecule has 92 heavy (non-hydrogen) atoms. The van der Waals surface area contributed by atoms with Gasteiger partial charge in [-0.3, -0.25) is 0 Å². The van der Waals surface area contributed by atoms with Crippen molar-refractivity contribution in [1.29, 1.82) is 0 Å². The molecule has 0 unspecified atom stereocenters. The van der Waals surface area contributed by atoms with E-state index in [1.54, 1.807) is 0 Å². The summed E-state index contributed by atoms with van der Waals surface area (Å²) in [7, 11) is 0. The maximum absolute atomic E-state index is 7.20. The average Bonchev–Trinajstić information content (AvgIpc) is 1.57. The lowest BCUT2D eigenvalue weighted by Gasteiger charge is -2.27. The number of hydrogen-bond acceptors (Lipinski definition) is 6. The van der Waals surface area contributed by atoms with E-state index in [4.69, 9.17) is 8.83 Å². The number of fused-ring (bicyclic) bond motifs is 18. The van der Waals surface area contributed by atoms with Gasteiger partial charge in [-0.2, -0.15) is 0 Å².